The molecular formula is C23H28ClN3O2S. The number of aromatic nitrogens is 1. The van der Waals surface area contributed by atoms with E-state index in [0.717, 1.165) is 55.5 Å². The maximum absolute atomic E-state index is 8.85. The Bertz CT molecular complexity index is 966. The highest BCUT2D eigenvalue weighted by Crippen LogP contribution is 2.31. The molecule has 1 saturated heterocycles. The van der Waals surface area contributed by atoms with Gasteiger partial charge < -0.3 is 19.6 Å². The third-order valence-electron chi connectivity index (χ3n) is 5.24. The summed E-state index contributed by atoms with van der Waals surface area (Å²) in [6.45, 7) is 7.91. The molecule has 4 rings (SSSR count). The van der Waals surface area contributed by atoms with Crippen molar-refractivity contribution in [2.75, 3.05) is 50.8 Å². The maximum Gasteiger partial charge on any atom is 0.147 e. The average Bonchev–Trinajstić information content (AvgIpc) is 3.25. The van der Waals surface area contributed by atoms with Crippen LogP contribution in [0.5, 0.6) is 5.75 Å². The molecule has 0 aliphatic carbocycles. The Kier molecular flexibility index (Phi) is 8.10. The first-order valence-corrected chi connectivity index (χ1v) is 11.0. The van der Waals surface area contributed by atoms with E-state index in [1.807, 2.05) is 24.3 Å². The van der Waals surface area contributed by atoms with Crippen molar-refractivity contribution in [1.82, 2.24) is 9.88 Å². The van der Waals surface area contributed by atoms with Gasteiger partial charge in [-0.3, -0.25) is 0 Å². The second-order valence-corrected chi connectivity index (χ2v) is 8.02. The molecule has 3 aromatic rings. The standard InChI is InChI=1S/C23H27N3O2S.ClH/c1-2-25-10-12-26(13-11-25)23-22-19(9-16-29-22)17-20(24-23)6-3-18-4-7-21(8-5-18)28-15-14-27;/h3-9,16-17,27H,2,10-15H2,1H3;1H/b6-3+;. The van der Waals surface area contributed by atoms with Gasteiger partial charge in [-0.1, -0.05) is 25.1 Å². The summed E-state index contributed by atoms with van der Waals surface area (Å²) >= 11 is 1.77. The molecular weight excluding hydrogens is 418 g/mol. The molecule has 0 saturated carbocycles. The predicted molar refractivity (Wildman–Crippen MR) is 129 cm³/mol. The van der Waals surface area contributed by atoms with Crippen LogP contribution in [-0.4, -0.2) is 60.9 Å². The number of rotatable bonds is 7. The van der Waals surface area contributed by atoms with E-state index in [9.17, 15) is 0 Å². The van der Waals surface area contributed by atoms with Crippen LogP contribution in [0, 0.1) is 0 Å². The second-order valence-electron chi connectivity index (χ2n) is 7.11. The predicted octanol–water partition coefficient (Wildman–Crippen LogP) is 4.40. The number of benzene rings is 1. The highest BCUT2D eigenvalue weighted by atomic mass is 35.5. The summed E-state index contributed by atoms with van der Waals surface area (Å²) in [7, 11) is 0. The van der Waals surface area contributed by atoms with Crippen LogP contribution in [0.1, 0.15) is 18.2 Å². The maximum atomic E-state index is 8.85. The van der Waals surface area contributed by atoms with Crippen molar-refractivity contribution in [2.24, 2.45) is 0 Å². The monoisotopic (exact) mass is 445 g/mol. The van der Waals surface area contributed by atoms with Gasteiger partial charge in [0, 0.05) is 26.2 Å². The van der Waals surface area contributed by atoms with Crippen molar-refractivity contribution in [3.8, 4) is 5.75 Å². The van der Waals surface area contributed by atoms with E-state index in [1.165, 1.54) is 10.1 Å². The Labute approximate surface area is 188 Å². The quantitative estimate of drug-likeness (QED) is 0.584. The molecule has 30 heavy (non-hydrogen) atoms. The zero-order valence-corrected chi connectivity index (χ0v) is 18.8. The number of aliphatic hydroxyl groups is 1. The van der Waals surface area contributed by atoms with Crippen LogP contribution >= 0.6 is 23.7 Å². The molecule has 0 spiro atoms. The molecule has 1 N–H and O–H groups in total. The van der Waals surface area contributed by atoms with Crippen molar-refractivity contribution in [1.29, 1.82) is 0 Å². The number of aliphatic hydroxyl groups excluding tert-OH is 1. The Morgan fingerprint density at radius 3 is 2.57 bits per heavy atom. The van der Waals surface area contributed by atoms with E-state index in [0.29, 0.717) is 6.61 Å². The first-order valence-electron chi connectivity index (χ1n) is 10.1. The minimum absolute atomic E-state index is 0. The molecule has 1 fully saturated rings. The van der Waals surface area contributed by atoms with Gasteiger partial charge in [-0.25, -0.2) is 4.98 Å². The Balaban J connectivity index is 0.00000256. The molecule has 5 nitrogen and oxygen atoms in total. The molecule has 1 aromatic carbocycles. The van der Waals surface area contributed by atoms with Gasteiger partial charge in [0.1, 0.15) is 18.2 Å². The van der Waals surface area contributed by atoms with Crippen molar-refractivity contribution in [3.63, 3.8) is 0 Å². The van der Waals surface area contributed by atoms with Crippen LogP contribution in [-0.2, 0) is 0 Å². The summed E-state index contributed by atoms with van der Waals surface area (Å²) in [5, 5.41) is 12.3. The number of halogens is 1. The molecule has 160 valence electrons. The molecule has 0 bridgehead atoms. The largest absolute Gasteiger partial charge is 0.491 e. The van der Waals surface area contributed by atoms with Crippen LogP contribution in [0.4, 0.5) is 5.82 Å². The number of nitrogens with zero attached hydrogens (tertiary/aromatic N) is 3. The molecule has 0 atom stereocenters. The van der Waals surface area contributed by atoms with Crippen LogP contribution in [0.15, 0.2) is 41.8 Å². The lowest BCUT2D eigenvalue weighted by molar-refractivity contribution is 0.201. The van der Waals surface area contributed by atoms with Gasteiger partial charge in [-0.15, -0.1) is 23.7 Å². The zero-order chi connectivity index (χ0) is 20.1. The van der Waals surface area contributed by atoms with Crippen LogP contribution in [0.25, 0.3) is 22.2 Å². The minimum Gasteiger partial charge on any atom is -0.491 e. The number of anilines is 1. The van der Waals surface area contributed by atoms with E-state index >= 15 is 0 Å². The van der Waals surface area contributed by atoms with E-state index in [4.69, 9.17) is 14.8 Å². The van der Waals surface area contributed by atoms with Crippen molar-refractivity contribution < 1.29 is 9.84 Å². The second kappa shape index (κ2) is 10.8. The first kappa shape index (κ1) is 22.6. The third-order valence-corrected chi connectivity index (χ3v) is 6.17. The number of hydrogen-bond acceptors (Lipinski definition) is 6. The van der Waals surface area contributed by atoms with Gasteiger partial charge in [0.25, 0.3) is 0 Å². The highest BCUT2D eigenvalue weighted by Gasteiger charge is 2.19. The minimum atomic E-state index is 0. The summed E-state index contributed by atoms with van der Waals surface area (Å²) in [5.41, 5.74) is 2.07. The highest BCUT2D eigenvalue weighted by molar-refractivity contribution is 7.17. The van der Waals surface area contributed by atoms with Gasteiger partial charge in [-0.05, 0) is 53.2 Å². The number of pyridine rings is 1. The molecule has 1 aliphatic rings. The fraction of sp³-hybridized carbons (Fsp3) is 0.348. The first-order chi connectivity index (χ1) is 14.3. The Morgan fingerprint density at radius 2 is 1.87 bits per heavy atom. The lowest BCUT2D eigenvalue weighted by Crippen LogP contribution is -2.46. The number of ether oxygens (including phenoxy) is 1. The zero-order valence-electron chi connectivity index (χ0n) is 17.2. The van der Waals surface area contributed by atoms with Gasteiger partial charge in [-0.2, -0.15) is 0 Å². The summed E-state index contributed by atoms with van der Waals surface area (Å²) in [6.07, 6.45) is 4.15. The summed E-state index contributed by atoms with van der Waals surface area (Å²) in [6, 6.07) is 12.2. The number of thiophene rings is 1. The van der Waals surface area contributed by atoms with Gasteiger partial charge in [0.05, 0.1) is 17.0 Å². The van der Waals surface area contributed by atoms with E-state index in [2.05, 4.69) is 46.4 Å². The fourth-order valence-electron chi connectivity index (χ4n) is 3.58. The van der Waals surface area contributed by atoms with Crippen molar-refractivity contribution >= 4 is 51.8 Å². The lowest BCUT2D eigenvalue weighted by atomic mass is 10.1. The SMILES string of the molecule is CCN1CCN(c2nc(/C=C/c3ccc(OCCO)cc3)cc3ccsc23)CC1.Cl. The van der Waals surface area contributed by atoms with Crippen LogP contribution < -0.4 is 9.64 Å². The fourth-order valence-corrected chi connectivity index (χ4v) is 4.47. The summed E-state index contributed by atoms with van der Waals surface area (Å²) < 4.78 is 6.69. The van der Waals surface area contributed by atoms with Crippen molar-refractivity contribution in [3.05, 3.63) is 53.0 Å². The summed E-state index contributed by atoms with van der Waals surface area (Å²) in [5.74, 6) is 1.88. The number of likely N-dealkylation sites (N-methyl/N-ethyl adjacent to an activating group) is 1. The molecule has 0 amide bonds. The number of fused-ring (bicyclic) bond motifs is 1. The van der Waals surface area contributed by atoms with Crippen LogP contribution in [0.3, 0.4) is 0 Å². The molecule has 2 aromatic heterocycles. The third kappa shape index (κ3) is 5.32. The van der Waals surface area contributed by atoms with Crippen LogP contribution in [0.2, 0.25) is 0 Å². The molecule has 1 aliphatic heterocycles. The van der Waals surface area contributed by atoms with Gasteiger partial charge >= 0.3 is 0 Å². The van der Waals surface area contributed by atoms with E-state index < -0.39 is 0 Å². The number of piperazine rings is 1. The molecule has 7 heteroatoms. The molecule has 0 radical (unpaired) electrons. The lowest BCUT2D eigenvalue weighted by Gasteiger charge is -2.35. The van der Waals surface area contributed by atoms with E-state index in [1.54, 1.807) is 11.3 Å². The van der Waals surface area contributed by atoms with Gasteiger partial charge in [0.2, 0.25) is 0 Å². The van der Waals surface area contributed by atoms with Gasteiger partial charge in [0.15, 0.2) is 0 Å². The topological polar surface area (TPSA) is 48.8 Å². The Hall–Kier alpha value is -2.12. The summed E-state index contributed by atoms with van der Waals surface area (Å²) in [4.78, 5) is 9.91. The van der Waals surface area contributed by atoms with Crippen molar-refractivity contribution in [2.45, 2.75) is 6.92 Å². The Morgan fingerprint density at radius 1 is 1.10 bits per heavy atom. The molecule has 0 unspecified atom stereocenters. The number of hydrogen-bond donors (Lipinski definition) is 1. The average molecular weight is 446 g/mol. The van der Waals surface area contributed by atoms with E-state index in [-0.39, 0.29) is 19.0 Å². The smallest absolute Gasteiger partial charge is 0.147 e. The normalized spacial score (nSPS) is 14.9. The molecule has 3 heterocycles.